The van der Waals surface area contributed by atoms with Crippen LogP contribution in [-0.4, -0.2) is 17.6 Å². The molecular formula is C16H18FNO2. The maximum atomic E-state index is 13.3. The minimum Gasteiger partial charge on any atom is -0.466 e. The molecule has 0 spiro atoms. The number of ether oxygens (including phenoxy) is 1. The number of halogens is 1. The van der Waals surface area contributed by atoms with E-state index in [-0.39, 0.29) is 11.8 Å². The predicted octanol–water partition coefficient (Wildman–Crippen LogP) is 3.37. The van der Waals surface area contributed by atoms with Crippen molar-refractivity contribution in [1.82, 2.24) is 4.98 Å². The number of nitrogens with one attached hydrogen (secondary N) is 1. The number of fused-ring (bicyclic) bond motifs is 3. The molecule has 1 aliphatic carbocycles. The van der Waals surface area contributed by atoms with Crippen molar-refractivity contribution >= 4 is 16.9 Å². The van der Waals surface area contributed by atoms with E-state index in [4.69, 9.17) is 4.74 Å². The van der Waals surface area contributed by atoms with Crippen LogP contribution >= 0.6 is 0 Å². The molecule has 1 heterocycles. The fraction of sp³-hybridized carbons (Fsp3) is 0.438. The summed E-state index contributed by atoms with van der Waals surface area (Å²) in [6.07, 6.45) is 3.15. The van der Waals surface area contributed by atoms with Crippen LogP contribution in [0.5, 0.6) is 0 Å². The lowest BCUT2D eigenvalue weighted by atomic mass is 9.85. The van der Waals surface area contributed by atoms with Gasteiger partial charge in [-0.3, -0.25) is 4.79 Å². The van der Waals surface area contributed by atoms with E-state index in [1.165, 1.54) is 11.6 Å². The van der Waals surface area contributed by atoms with E-state index in [0.29, 0.717) is 18.9 Å². The van der Waals surface area contributed by atoms with Crippen LogP contribution in [0.4, 0.5) is 4.39 Å². The largest absolute Gasteiger partial charge is 0.466 e. The Hall–Kier alpha value is -1.84. The zero-order valence-electron chi connectivity index (χ0n) is 11.5. The summed E-state index contributed by atoms with van der Waals surface area (Å²) in [5.74, 6) is -0.00416. The Morgan fingerprint density at radius 1 is 1.50 bits per heavy atom. The van der Waals surface area contributed by atoms with E-state index in [0.717, 1.165) is 35.9 Å². The van der Waals surface area contributed by atoms with Crippen molar-refractivity contribution in [2.45, 2.75) is 32.6 Å². The first-order chi connectivity index (χ1) is 9.67. The summed E-state index contributed by atoms with van der Waals surface area (Å²) >= 11 is 0. The number of carbonyl (C=O) groups excluding carboxylic acids is 1. The van der Waals surface area contributed by atoms with Gasteiger partial charge in [0, 0.05) is 23.0 Å². The highest BCUT2D eigenvalue weighted by molar-refractivity contribution is 5.85. The Kier molecular flexibility index (Phi) is 3.47. The summed E-state index contributed by atoms with van der Waals surface area (Å²) in [5, 5.41) is 0.981. The highest BCUT2D eigenvalue weighted by Gasteiger charge is 2.24. The molecular weight excluding hydrogens is 257 g/mol. The van der Waals surface area contributed by atoms with Gasteiger partial charge < -0.3 is 9.72 Å². The first-order valence-corrected chi connectivity index (χ1v) is 7.12. The van der Waals surface area contributed by atoms with E-state index >= 15 is 0 Å². The van der Waals surface area contributed by atoms with Gasteiger partial charge in [-0.05, 0) is 55.9 Å². The number of benzene rings is 1. The SMILES string of the molecule is CCOC(=O)CC1CCc2c([nH]c3ccc(F)cc23)C1. The van der Waals surface area contributed by atoms with Crippen LogP contribution in [0.2, 0.25) is 0 Å². The summed E-state index contributed by atoms with van der Waals surface area (Å²) in [4.78, 5) is 14.9. The number of hydrogen-bond donors (Lipinski definition) is 1. The van der Waals surface area contributed by atoms with Gasteiger partial charge in [0.1, 0.15) is 5.82 Å². The van der Waals surface area contributed by atoms with Gasteiger partial charge in [-0.1, -0.05) is 0 Å². The van der Waals surface area contributed by atoms with Crippen LogP contribution in [0.25, 0.3) is 10.9 Å². The molecule has 3 rings (SSSR count). The Morgan fingerprint density at radius 2 is 2.35 bits per heavy atom. The molecule has 0 bridgehead atoms. The third-order valence-corrected chi connectivity index (χ3v) is 4.01. The number of aromatic nitrogens is 1. The van der Waals surface area contributed by atoms with Gasteiger partial charge in [0.25, 0.3) is 0 Å². The highest BCUT2D eigenvalue weighted by Crippen LogP contribution is 2.33. The third kappa shape index (κ3) is 2.42. The Labute approximate surface area is 117 Å². The van der Waals surface area contributed by atoms with E-state index in [9.17, 15) is 9.18 Å². The second-order valence-electron chi connectivity index (χ2n) is 5.39. The fourth-order valence-corrected chi connectivity index (χ4v) is 3.10. The molecule has 1 N–H and O–H groups in total. The quantitative estimate of drug-likeness (QED) is 0.873. The molecule has 0 aliphatic heterocycles. The van der Waals surface area contributed by atoms with Crippen LogP contribution in [0, 0.1) is 11.7 Å². The number of H-pyrrole nitrogens is 1. The number of carbonyl (C=O) groups is 1. The lowest BCUT2D eigenvalue weighted by Crippen LogP contribution is -2.18. The maximum Gasteiger partial charge on any atom is 0.306 e. The predicted molar refractivity (Wildman–Crippen MR) is 75.0 cm³/mol. The van der Waals surface area contributed by atoms with Crippen LogP contribution in [0.3, 0.4) is 0 Å². The molecule has 4 heteroatoms. The minimum atomic E-state index is -0.201. The molecule has 0 saturated heterocycles. The van der Waals surface area contributed by atoms with Crippen molar-refractivity contribution < 1.29 is 13.9 Å². The Balaban J connectivity index is 1.81. The monoisotopic (exact) mass is 275 g/mol. The highest BCUT2D eigenvalue weighted by atomic mass is 19.1. The molecule has 0 radical (unpaired) electrons. The van der Waals surface area contributed by atoms with Crippen LogP contribution < -0.4 is 0 Å². The second kappa shape index (κ2) is 5.27. The zero-order valence-corrected chi connectivity index (χ0v) is 11.5. The van der Waals surface area contributed by atoms with Gasteiger partial charge in [-0.25, -0.2) is 4.39 Å². The topological polar surface area (TPSA) is 42.1 Å². The summed E-state index contributed by atoms with van der Waals surface area (Å²) in [6.45, 7) is 2.26. The van der Waals surface area contributed by atoms with Gasteiger partial charge >= 0.3 is 5.97 Å². The molecule has 1 unspecified atom stereocenters. The number of aromatic amines is 1. The Bertz CT molecular complexity index is 647. The molecule has 106 valence electrons. The molecule has 0 saturated carbocycles. The normalized spacial score (nSPS) is 18.0. The summed E-state index contributed by atoms with van der Waals surface area (Å²) in [7, 11) is 0. The average Bonchev–Trinajstić information content (AvgIpc) is 2.76. The van der Waals surface area contributed by atoms with Gasteiger partial charge in [-0.2, -0.15) is 0 Å². The minimum absolute atomic E-state index is 0.122. The second-order valence-corrected chi connectivity index (χ2v) is 5.39. The fourth-order valence-electron chi connectivity index (χ4n) is 3.10. The summed E-state index contributed by atoms with van der Waals surface area (Å²) in [6, 6.07) is 4.85. The molecule has 1 aromatic carbocycles. The lowest BCUT2D eigenvalue weighted by Gasteiger charge is -2.21. The van der Waals surface area contributed by atoms with Crippen LogP contribution in [0.1, 0.15) is 31.0 Å². The maximum absolute atomic E-state index is 13.3. The van der Waals surface area contributed by atoms with Crippen LogP contribution in [0.15, 0.2) is 18.2 Å². The first kappa shape index (κ1) is 13.2. The summed E-state index contributed by atoms with van der Waals surface area (Å²) < 4.78 is 18.4. The van der Waals surface area contributed by atoms with Crippen molar-refractivity contribution in [3.63, 3.8) is 0 Å². The molecule has 1 aromatic heterocycles. The number of hydrogen-bond acceptors (Lipinski definition) is 2. The van der Waals surface area contributed by atoms with E-state index in [1.807, 2.05) is 6.92 Å². The van der Waals surface area contributed by atoms with Crippen LogP contribution in [-0.2, 0) is 22.4 Å². The van der Waals surface area contributed by atoms with Crippen molar-refractivity contribution in [3.05, 3.63) is 35.3 Å². The van der Waals surface area contributed by atoms with Crippen molar-refractivity contribution in [1.29, 1.82) is 0 Å². The smallest absolute Gasteiger partial charge is 0.306 e. The molecule has 0 amide bonds. The van der Waals surface area contributed by atoms with Crippen molar-refractivity contribution in [2.75, 3.05) is 6.61 Å². The Morgan fingerprint density at radius 3 is 3.15 bits per heavy atom. The van der Waals surface area contributed by atoms with Crippen molar-refractivity contribution in [3.8, 4) is 0 Å². The number of rotatable bonds is 3. The molecule has 2 aromatic rings. The average molecular weight is 275 g/mol. The lowest BCUT2D eigenvalue weighted by molar-refractivity contribution is -0.144. The molecule has 3 nitrogen and oxygen atoms in total. The number of aryl methyl sites for hydroxylation is 1. The van der Waals surface area contributed by atoms with Gasteiger partial charge in [0.2, 0.25) is 0 Å². The molecule has 20 heavy (non-hydrogen) atoms. The zero-order chi connectivity index (χ0) is 14.1. The van der Waals surface area contributed by atoms with Gasteiger partial charge in [0.05, 0.1) is 6.61 Å². The molecule has 1 aliphatic rings. The summed E-state index contributed by atoms with van der Waals surface area (Å²) in [5.41, 5.74) is 3.33. The van der Waals surface area contributed by atoms with Gasteiger partial charge in [0.15, 0.2) is 0 Å². The number of esters is 1. The standard InChI is InChI=1S/C16H18FNO2/c1-2-20-16(19)8-10-3-5-12-13-9-11(17)4-6-14(13)18-15(12)7-10/h4,6,9-10,18H,2-3,5,7-8H2,1H3. The first-order valence-electron chi connectivity index (χ1n) is 7.12. The third-order valence-electron chi connectivity index (χ3n) is 4.01. The van der Waals surface area contributed by atoms with E-state index in [1.54, 1.807) is 12.1 Å². The van der Waals surface area contributed by atoms with Gasteiger partial charge in [-0.15, -0.1) is 0 Å². The molecule has 1 atom stereocenters. The van der Waals surface area contributed by atoms with E-state index in [2.05, 4.69) is 4.98 Å². The van der Waals surface area contributed by atoms with Crippen molar-refractivity contribution in [2.24, 2.45) is 5.92 Å². The molecule has 0 fully saturated rings. The van der Waals surface area contributed by atoms with E-state index < -0.39 is 0 Å².